The van der Waals surface area contributed by atoms with Gasteiger partial charge in [-0.15, -0.1) is 0 Å². The first-order chi connectivity index (χ1) is 11.6. The standard InChI is InChI=1S/C18H21F2N3O/c1-13-11-14(8-9-21-13)22-15-3-2-10-23(12-15)16-4-6-17(7-5-16)24-18(19)20/h4-9,11,15,18H,2-3,10,12H2,1H3,(H,21,22). The highest BCUT2D eigenvalue weighted by atomic mass is 19.3. The number of benzene rings is 1. The van der Waals surface area contributed by atoms with Crippen molar-refractivity contribution in [2.24, 2.45) is 0 Å². The van der Waals surface area contributed by atoms with E-state index in [2.05, 4.69) is 19.9 Å². The molecule has 1 N–H and O–H groups in total. The number of aryl methyl sites for hydroxylation is 1. The Balaban J connectivity index is 1.62. The average molecular weight is 333 g/mol. The van der Waals surface area contributed by atoms with Gasteiger partial charge in [-0.2, -0.15) is 8.78 Å². The smallest absolute Gasteiger partial charge is 0.387 e. The minimum atomic E-state index is -2.79. The number of pyridine rings is 1. The van der Waals surface area contributed by atoms with E-state index in [0.717, 1.165) is 43.0 Å². The fraction of sp³-hybridized carbons (Fsp3) is 0.389. The molecule has 128 valence electrons. The molecule has 24 heavy (non-hydrogen) atoms. The van der Waals surface area contributed by atoms with Crippen LogP contribution in [0.15, 0.2) is 42.6 Å². The Morgan fingerprint density at radius 2 is 2.04 bits per heavy atom. The summed E-state index contributed by atoms with van der Waals surface area (Å²) in [5.74, 6) is 0.188. The third-order valence-electron chi connectivity index (χ3n) is 4.12. The van der Waals surface area contributed by atoms with E-state index >= 15 is 0 Å². The molecule has 0 amide bonds. The molecule has 1 atom stereocenters. The van der Waals surface area contributed by atoms with Crippen LogP contribution in [0.2, 0.25) is 0 Å². The van der Waals surface area contributed by atoms with Crippen LogP contribution < -0.4 is 15.0 Å². The number of alkyl halides is 2. The van der Waals surface area contributed by atoms with Gasteiger partial charge in [0.2, 0.25) is 0 Å². The minimum Gasteiger partial charge on any atom is -0.435 e. The predicted molar refractivity (Wildman–Crippen MR) is 90.9 cm³/mol. The Labute approximate surface area is 140 Å². The Bertz CT molecular complexity index is 664. The second-order valence-electron chi connectivity index (χ2n) is 5.99. The zero-order valence-electron chi connectivity index (χ0n) is 13.6. The molecule has 1 aliphatic rings. The maximum absolute atomic E-state index is 12.2. The molecule has 2 aromatic rings. The molecule has 1 aromatic carbocycles. The van der Waals surface area contributed by atoms with Crippen molar-refractivity contribution in [3.63, 3.8) is 0 Å². The number of hydrogen-bond acceptors (Lipinski definition) is 4. The van der Waals surface area contributed by atoms with E-state index in [-0.39, 0.29) is 5.75 Å². The maximum atomic E-state index is 12.2. The van der Waals surface area contributed by atoms with E-state index in [4.69, 9.17) is 0 Å². The number of anilines is 2. The normalized spacial score (nSPS) is 17.8. The highest BCUT2D eigenvalue weighted by Gasteiger charge is 2.20. The van der Waals surface area contributed by atoms with Gasteiger partial charge in [0.25, 0.3) is 0 Å². The fourth-order valence-corrected chi connectivity index (χ4v) is 3.04. The molecule has 0 aliphatic carbocycles. The first-order valence-electron chi connectivity index (χ1n) is 8.09. The highest BCUT2D eigenvalue weighted by molar-refractivity contribution is 5.51. The number of halogens is 2. The first-order valence-corrected chi connectivity index (χ1v) is 8.09. The number of piperidine rings is 1. The summed E-state index contributed by atoms with van der Waals surface area (Å²) in [6, 6.07) is 11.2. The molecule has 0 bridgehead atoms. The zero-order valence-corrected chi connectivity index (χ0v) is 13.6. The topological polar surface area (TPSA) is 37.4 Å². The molecule has 0 radical (unpaired) electrons. The molecule has 0 saturated carbocycles. The first kappa shape index (κ1) is 16.5. The minimum absolute atomic E-state index is 0.188. The zero-order chi connectivity index (χ0) is 16.9. The fourth-order valence-electron chi connectivity index (χ4n) is 3.04. The number of hydrogen-bond donors (Lipinski definition) is 1. The lowest BCUT2D eigenvalue weighted by Gasteiger charge is -2.35. The summed E-state index contributed by atoms with van der Waals surface area (Å²) in [7, 11) is 0. The molecule has 0 spiro atoms. The van der Waals surface area contributed by atoms with Crippen LogP contribution in [0.25, 0.3) is 0 Å². The van der Waals surface area contributed by atoms with E-state index in [0.29, 0.717) is 6.04 Å². The van der Waals surface area contributed by atoms with Crippen LogP contribution in [0.4, 0.5) is 20.2 Å². The van der Waals surface area contributed by atoms with Crippen molar-refractivity contribution < 1.29 is 13.5 Å². The second kappa shape index (κ2) is 7.47. The molecule has 1 unspecified atom stereocenters. The van der Waals surface area contributed by atoms with Crippen molar-refractivity contribution in [3.05, 3.63) is 48.3 Å². The van der Waals surface area contributed by atoms with Gasteiger partial charge < -0.3 is 15.0 Å². The van der Waals surface area contributed by atoms with E-state index in [1.807, 2.05) is 31.2 Å². The van der Waals surface area contributed by atoms with Gasteiger partial charge >= 0.3 is 6.61 Å². The third kappa shape index (κ3) is 4.34. The average Bonchev–Trinajstić information content (AvgIpc) is 2.55. The summed E-state index contributed by atoms with van der Waals surface area (Å²) in [6.07, 6.45) is 3.99. The Morgan fingerprint density at radius 1 is 1.25 bits per heavy atom. The quantitative estimate of drug-likeness (QED) is 0.895. The molecule has 1 saturated heterocycles. The van der Waals surface area contributed by atoms with Gasteiger partial charge in [-0.25, -0.2) is 0 Å². The van der Waals surface area contributed by atoms with Gasteiger partial charge in [0.1, 0.15) is 5.75 Å². The molecule has 1 aliphatic heterocycles. The van der Waals surface area contributed by atoms with Gasteiger partial charge in [0.05, 0.1) is 0 Å². The number of rotatable bonds is 5. The monoisotopic (exact) mass is 333 g/mol. The van der Waals surface area contributed by atoms with E-state index in [9.17, 15) is 8.78 Å². The van der Waals surface area contributed by atoms with Crippen molar-refractivity contribution >= 4 is 11.4 Å². The number of nitrogens with one attached hydrogen (secondary N) is 1. The summed E-state index contributed by atoms with van der Waals surface area (Å²) < 4.78 is 28.8. The molecule has 2 heterocycles. The Morgan fingerprint density at radius 3 is 2.75 bits per heavy atom. The van der Waals surface area contributed by atoms with Gasteiger partial charge in [0, 0.05) is 42.4 Å². The van der Waals surface area contributed by atoms with E-state index in [1.54, 1.807) is 18.3 Å². The molecule has 1 fully saturated rings. The summed E-state index contributed by atoms with van der Waals surface area (Å²) in [6.45, 7) is 1.02. The van der Waals surface area contributed by atoms with Crippen molar-refractivity contribution in [3.8, 4) is 5.75 Å². The number of ether oxygens (including phenoxy) is 1. The van der Waals surface area contributed by atoms with E-state index in [1.165, 1.54) is 0 Å². The molecular formula is C18H21F2N3O. The van der Waals surface area contributed by atoms with Crippen molar-refractivity contribution in [2.75, 3.05) is 23.3 Å². The SMILES string of the molecule is Cc1cc(NC2CCCN(c3ccc(OC(F)F)cc3)C2)ccn1. The lowest BCUT2D eigenvalue weighted by atomic mass is 10.0. The summed E-state index contributed by atoms with van der Waals surface area (Å²) in [4.78, 5) is 6.47. The summed E-state index contributed by atoms with van der Waals surface area (Å²) in [5, 5.41) is 3.55. The lowest BCUT2D eigenvalue weighted by Crippen LogP contribution is -2.42. The maximum Gasteiger partial charge on any atom is 0.387 e. The highest BCUT2D eigenvalue weighted by Crippen LogP contribution is 2.25. The number of aromatic nitrogens is 1. The van der Waals surface area contributed by atoms with Crippen LogP contribution in [-0.2, 0) is 0 Å². The molecular weight excluding hydrogens is 312 g/mol. The number of nitrogens with zero attached hydrogens (tertiary/aromatic N) is 2. The Hall–Kier alpha value is -2.37. The van der Waals surface area contributed by atoms with Crippen LogP contribution in [0.5, 0.6) is 5.75 Å². The molecule has 4 nitrogen and oxygen atoms in total. The van der Waals surface area contributed by atoms with Crippen LogP contribution in [0, 0.1) is 6.92 Å². The van der Waals surface area contributed by atoms with Gasteiger partial charge in [-0.1, -0.05) is 0 Å². The molecule has 3 rings (SSSR count). The van der Waals surface area contributed by atoms with Crippen LogP contribution in [0.1, 0.15) is 18.5 Å². The predicted octanol–water partition coefficient (Wildman–Crippen LogP) is 4.07. The summed E-state index contributed by atoms with van der Waals surface area (Å²) >= 11 is 0. The summed E-state index contributed by atoms with van der Waals surface area (Å²) in [5.41, 5.74) is 3.09. The largest absolute Gasteiger partial charge is 0.435 e. The van der Waals surface area contributed by atoms with Crippen molar-refractivity contribution in [1.82, 2.24) is 4.98 Å². The van der Waals surface area contributed by atoms with Crippen molar-refractivity contribution in [1.29, 1.82) is 0 Å². The Kier molecular flexibility index (Phi) is 5.13. The third-order valence-corrected chi connectivity index (χ3v) is 4.12. The van der Waals surface area contributed by atoms with Gasteiger partial charge in [-0.3, -0.25) is 4.98 Å². The lowest BCUT2D eigenvalue weighted by molar-refractivity contribution is -0.0498. The van der Waals surface area contributed by atoms with Crippen LogP contribution in [-0.4, -0.2) is 30.7 Å². The van der Waals surface area contributed by atoms with Gasteiger partial charge in [-0.05, 0) is 56.2 Å². The van der Waals surface area contributed by atoms with E-state index < -0.39 is 6.61 Å². The molecule has 1 aromatic heterocycles. The van der Waals surface area contributed by atoms with Gasteiger partial charge in [0.15, 0.2) is 0 Å². The van der Waals surface area contributed by atoms with Crippen LogP contribution >= 0.6 is 0 Å². The van der Waals surface area contributed by atoms with Crippen LogP contribution in [0.3, 0.4) is 0 Å². The molecule has 6 heteroatoms. The second-order valence-corrected chi connectivity index (χ2v) is 5.99. The van der Waals surface area contributed by atoms with Crippen molar-refractivity contribution in [2.45, 2.75) is 32.4 Å².